The van der Waals surface area contributed by atoms with Gasteiger partial charge in [0.2, 0.25) is 0 Å². The molecule has 0 aromatic heterocycles. The van der Waals surface area contributed by atoms with Crippen LogP contribution in [-0.2, 0) is 9.47 Å². The monoisotopic (exact) mass is 159 g/mol. The largest absolute Gasteiger partial charge is 0.354 e. The molecule has 1 aliphatic rings. The van der Waals surface area contributed by atoms with Gasteiger partial charge in [0.15, 0.2) is 6.29 Å². The van der Waals surface area contributed by atoms with Crippen molar-refractivity contribution >= 4 is 0 Å². The van der Waals surface area contributed by atoms with E-state index in [0.29, 0.717) is 6.04 Å². The maximum absolute atomic E-state index is 5.17. The van der Waals surface area contributed by atoms with Crippen LogP contribution in [0.4, 0.5) is 0 Å². The molecule has 1 unspecified atom stereocenters. The van der Waals surface area contributed by atoms with Gasteiger partial charge in [-0.2, -0.15) is 0 Å². The minimum absolute atomic E-state index is 0.0903. The highest BCUT2D eigenvalue weighted by Gasteiger charge is 2.35. The number of methoxy groups -OCH3 is 2. The van der Waals surface area contributed by atoms with E-state index in [1.807, 2.05) is 7.05 Å². The highest BCUT2D eigenvalue weighted by molar-refractivity contribution is 4.87. The maximum Gasteiger partial charge on any atom is 0.172 e. The van der Waals surface area contributed by atoms with Gasteiger partial charge in [0.05, 0.1) is 6.04 Å². The zero-order valence-corrected chi connectivity index (χ0v) is 7.46. The number of ether oxygens (including phenoxy) is 2. The van der Waals surface area contributed by atoms with Gasteiger partial charge in [0.1, 0.15) is 0 Å². The Bertz CT molecular complexity index is 111. The minimum Gasteiger partial charge on any atom is -0.354 e. The smallest absolute Gasteiger partial charge is 0.172 e. The van der Waals surface area contributed by atoms with Crippen LogP contribution in [-0.4, -0.2) is 33.6 Å². The summed E-state index contributed by atoms with van der Waals surface area (Å²) >= 11 is 0. The predicted octanol–water partition coefficient (Wildman–Crippen LogP) is 0.603. The van der Waals surface area contributed by atoms with E-state index in [-0.39, 0.29) is 6.29 Å². The van der Waals surface area contributed by atoms with Crippen molar-refractivity contribution in [1.82, 2.24) is 5.32 Å². The Labute approximate surface area is 68.1 Å². The summed E-state index contributed by atoms with van der Waals surface area (Å²) in [5.74, 6) is 0.755. The van der Waals surface area contributed by atoms with Gasteiger partial charge in [-0.3, -0.25) is 0 Å². The molecule has 3 nitrogen and oxygen atoms in total. The van der Waals surface area contributed by atoms with Gasteiger partial charge in [-0.05, 0) is 25.8 Å². The van der Waals surface area contributed by atoms with Gasteiger partial charge in [0.25, 0.3) is 0 Å². The lowest BCUT2D eigenvalue weighted by atomic mass is 10.2. The summed E-state index contributed by atoms with van der Waals surface area (Å²) in [7, 11) is 5.32. The average molecular weight is 159 g/mol. The lowest BCUT2D eigenvalue weighted by Crippen LogP contribution is -2.41. The summed E-state index contributed by atoms with van der Waals surface area (Å²) < 4.78 is 10.3. The lowest BCUT2D eigenvalue weighted by molar-refractivity contribution is -0.125. The van der Waals surface area contributed by atoms with Crippen molar-refractivity contribution in [2.75, 3.05) is 21.3 Å². The number of hydrogen-bond acceptors (Lipinski definition) is 3. The summed E-state index contributed by atoms with van der Waals surface area (Å²) in [6.07, 6.45) is 2.51. The third kappa shape index (κ3) is 2.15. The fourth-order valence-corrected chi connectivity index (χ4v) is 1.44. The van der Waals surface area contributed by atoms with Crippen LogP contribution < -0.4 is 5.32 Å². The molecule has 0 aromatic rings. The van der Waals surface area contributed by atoms with E-state index in [1.54, 1.807) is 14.2 Å². The van der Waals surface area contributed by atoms with Crippen molar-refractivity contribution < 1.29 is 9.47 Å². The molecule has 0 aliphatic heterocycles. The van der Waals surface area contributed by atoms with E-state index in [1.165, 1.54) is 12.8 Å². The molecular formula is C8H17NO2. The first-order valence-electron chi connectivity index (χ1n) is 4.06. The summed E-state index contributed by atoms with van der Waals surface area (Å²) in [6, 6.07) is 0.366. The molecule has 1 atom stereocenters. The summed E-state index contributed by atoms with van der Waals surface area (Å²) in [4.78, 5) is 0. The molecule has 0 aromatic carbocycles. The van der Waals surface area contributed by atoms with Gasteiger partial charge >= 0.3 is 0 Å². The number of likely N-dealkylation sites (N-methyl/N-ethyl adjacent to an activating group) is 1. The molecule has 1 aliphatic carbocycles. The van der Waals surface area contributed by atoms with Crippen LogP contribution in [0.25, 0.3) is 0 Å². The normalized spacial score (nSPS) is 20.7. The summed E-state index contributed by atoms with van der Waals surface area (Å²) in [5, 5.41) is 3.22. The fraction of sp³-hybridized carbons (Fsp3) is 1.00. The molecule has 1 rings (SSSR count). The second-order valence-electron chi connectivity index (χ2n) is 2.99. The van der Waals surface area contributed by atoms with Gasteiger partial charge in [-0.15, -0.1) is 0 Å². The van der Waals surface area contributed by atoms with Crippen molar-refractivity contribution in [3.63, 3.8) is 0 Å². The van der Waals surface area contributed by atoms with Crippen molar-refractivity contribution in [2.45, 2.75) is 25.2 Å². The number of rotatable bonds is 5. The van der Waals surface area contributed by atoms with Crippen LogP contribution in [0.2, 0.25) is 0 Å². The van der Waals surface area contributed by atoms with Crippen LogP contribution in [0, 0.1) is 5.92 Å². The molecule has 0 bridgehead atoms. The van der Waals surface area contributed by atoms with E-state index in [4.69, 9.17) is 9.47 Å². The Morgan fingerprint density at radius 1 is 1.27 bits per heavy atom. The Morgan fingerprint density at radius 3 is 2.09 bits per heavy atom. The van der Waals surface area contributed by atoms with E-state index in [0.717, 1.165) is 5.92 Å². The molecule has 1 fully saturated rings. The Balaban J connectivity index is 2.36. The van der Waals surface area contributed by atoms with Crippen LogP contribution in [0.5, 0.6) is 0 Å². The zero-order valence-electron chi connectivity index (χ0n) is 7.46. The molecule has 0 saturated heterocycles. The lowest BCUT2D eigenvalue weighted by Gasteiger charge is -2.23. The van der Waals surface area contributed by atoms with Crippen molar-refractivity contribution in [3.8, 4) is 0 Å². The molecule has 1 N–H and O–H groups in total. The van der Waals surface area contributed by atoms with Crippen molar-refractivity contribution in [3.05, 3.63) is 0 Å². The summed E-state index contributed by atoms with van der Waals surface area (Å²) in [5.41, 5.74) is 0. The molecule has 11 heavy (non-hydrogen) atoms. The van der Waals surface area contributed by atoms with E-state index < -0.39 is 0 Å². The quantitative estimate of drug-likeness (QED) is 0.596. The van der Waals surface area contributed by atoms with E-state index in [9.17, 15) is 0 Å². The Hall–Kier alpha value is -0.120. The predicted molar refractivity (Wildman–Crippen MR) is 43.4 cm³/mol. The zero-order chi connectivity index (χ0) is 8.27. The molecular weight excluding hydrogens is 142 g/mol. The highest BCUT2D eigenvalue weighted by atomic mass is 16.7. The molecule has 0 heterocycles. The third-order valence-corrected chi connectivity index (χ3v) is 2.22. The summed E-state index contributed by atoms with van der Waals surface area (Å²) in [6.45, 7) is 0. The first kappa shape index (κ1) is 8.97. The topological polar surface area (TPSA) is 30.5 Å². The molecule has 3 heteroatoms. The molecule has 0 amide bonds. The van der Waals surface area contributed by atoms with Gasteiger partial charge in [-0.25, -0.2) is 0 Å². The minimum atomic E-state index is -0.0903. The van der Waals surface area contributed by atoms with Crippen molar-refractivity contribution in [1.29, 1.82) is 0 Å². The number of nitrogens with one attached hydrogen (secondary N) is 1. The van der Waals surface area contributed by atoms with Crippen LogP contribution in [0.1, 0.15) is 12.8 Å². The van der Waals surface area contributed by atoms with E-state index >= 15 is 0 Å². The first-order chi connectivity index (χ1) is 5.33. The van der Waals surface area contributed by atoms with Crippen LogP contribution >= 0.6 is 0 Å². The van der Waals surface area contributed by atoms with Crippen molar-refractivity contribution in [2.24, 2.45) is 5.92 Å². The highest BCUT2D eigenvalue weighted by Crippen LogP contribution is 2.34. The molecule has 66 valence electrons. The third-order valence-electron chi connectivity index (χ3n) is 2.22. The van der Waals surface area contributed by atoms with Crippen LogP contribution in [0.3, 0.4) is 0 Å². The second-order valence-corrected chi connectivity index (χ2v) is 2.99. The van der Waals surface area contributed by atoms with E-state index in [2.05, 4.69) is 5.32 Å². The van der Waals surface area contributed by atoms with Crippen LogP contribution in [0.15, 0.2) is 0 Å². The van der Waals surface area contributed by atoms with Gasteiger partial charge < -0.3 is 14.8 Å². The molecule has 0 radical (unpaired) electrons. The fourth-order valence-electron chi connectivity index (χ4n) is 1.44. The second kappa shape index (κ2) is 4.04. The Morgan fingerprint density at radius 2 is 1.82 bits per heavy atom. The first-order valence-corrected chi connectivity index (χ1v) is 4.06. The standard InChI is InChI=1S/C8H17NO2/c1-9-7(6-4-5-6)8(10-2)11-3/h6-9H,4-5H2,1-3H3. The molecule has 1 saturated carbocycles. The average Bonchev–Trinajstić information content (AvgIpc) is 2.82. The number of hydrogen-bond donors (Lipinski definition) is 1. The SMILES string of the molecule is CNC(C1CC1)C(OC)OC. The molecule has 0 spiro atoms. The Kier molecular flexibility index (Phi) is 3.30. The van der Waals surface area contributed by atoms with Gasteiger partial charge in [0, 0.05) is 14.2 Å². The van der Waals surface area contributed by atoms with Gasteiger partial charge in [-0.1, -0.05) is 0 Å². The maximum atomic E-state index is 5.17.